The first-order valence-corrected chi connectivity index (χ1v) is 6.05. The number of nitrogens with one attached hydrogen (secondary N) is 1. The minimum atomic E-state index is -4.97. The molecule has 1 fully saturated rings. The number of rotatable bonds is 2. The number of carbonyl (C=O) groups excluding carboxylic acids is 1. The number of nitrogens with zero attached hydrogens (tertiary/aromatic N) is 3. The maximum Gasteiger partial charge on any atom is 1.00 e. The van der Waals surface area contributed by atoms with Gasteiger partial charge in [0.25, 0.3) is 0 Å². The van der Waals surface area contributed by atoms with Crippen molar-refractivity contribution in [1.82, 2.24) is 20.2 Å². The van der Waals surface area contributed by atoms with Crippen molar-refractivity contribution in [3.05, 3.63) is 17.5 Å². The third-order valence-corrected chi connectivity index (χ3v) is 3.11. The molecule has 2 aliphatic heterocycles. The first kappa shape index (κ1) is 13.8. The van der Waals surface area contributed by atoms with Crippen molar-refractivity contribution in [3.63, 3.8) is 0 Å². The van der Waals surface area contributed by atoms with E-state index in [1.807, 2.05) is 0 Å². The van der Waals surface area contributed by atoms with E-state index >= 15 is 0 Å². The van der Waals surface area contributed by atoms with Gasteiger partial charge in [-0.1, -0.05) is 0 Å². The van der Waals surface area contributed by atoms with E-state index in [0.29, 0.717) is 22.9 Å². The average Bonchev–Trinajstić information content (AvgIpc) is 2.77. The van der Waals surface area contributed by atoms with Gasteiger partial charge in [-0.05, 0) is 0 Å². The standard InChI is InChI=1S/C7H8N4O5S.Na/c12-7-10-2-5-4(1-8-9-5)6(3-10)11(7)16-17(13,14)15;/h1,6H,2-3H2,(H,8,9)(H,13,14,15);/q;+1/p-1. The monoisotopic (exact) mass is 282 g/mol. The SMILES string of the molecule is O=C1N2Cc3[nH]ncc3C(C2)N1OS(=O)(=O)[O-].[Na+]. The Labute approximate surface area is 124 Å². The normalized spacial score (nSPS) is 21.8. The van der Waals surface area contributed by atoms with Gasteiger partial charge in [-0.2, -0.15) is 14.4 Å². The van der Waals surface area contributed by atoms with Crippen LogP contribution in [0.15, 0.2) is 6.20 Å². The minimum absolute atomic E-state index is 0. The summed E-state index contributed by atoms with van der Waals surface area (Å²) in [6.45, 7) is 0.574. The summed E-state index contributed by atoms with van der Waals surface area (Å²) in [6.07, 6.45) is 1.49. The van der Waals surface area contributed by atoms with Gasteiger partial charge in [0.15, 0.2) is 0 Å². The molecule has 1 unspecified atom stereocenters. The van der Waals surface area contributed by atoms with E-state index in [1.54, 1.807) is 0 Å². The number of aromatic nitrogens is 2. The second-order valence-electron chi connectivity index (χ2n) is 3.79. The summed E-state index contributed by atoms with van der Waals surface area (Å²) in [5, 5.41) is 7.10. The van der Waals surface area contributed by atoms with Crippen molar-refractivity contribution < 1.29 is 51.6 Å². The average molecular weight is 282 g/mol. The van der Waals surface area contributed by atoms with Crippen LogP contribution < -0.4 is 29.6 Å². The molecule has 1 saturated heterocycles. The molecule has 0 radical (unpaired) electrons. The molecule has 1 aromatic heterocycles. The van der Waals surface area contributed by atoms with E-state index in [-0.39, 0.29) is 36.1 Å². The van der Waals surface area contributed by atoms with E-state index in [9.17, 15) is 17.8 Å². The Bertz CT molecular complexity index is 586. The van der Waals surface area contributed by atoms with Crippen molar-refractivity contribution in [1.29, 1.82) is 0 Å². The fourth-order valence-electron chi connectivity index (χ4n) is 2.10. The Kier molecular flexibility index (Phi) is 3.42. The van der Waals surface area contributed by atoms with Gasteiger partial charge in [-0.25, -0.2) is 13.2 Å². The molecule has 2 aliphatic rings. The van der Waals surface area contributed by atoms with Crippen LogP contribution in [-0.4, -0.2) is 45.7 Å². The van der Waals surface area contributed by atoms with E-state index in [0.717, 1.165) is 0 Å². The van der Waals surface area contributed by atoms with E-state index in [4.69, 9.17) is 0 Å². The van der Waals surface area contributed by atoms with Gasteiger partial charge < -0.3 is 9.45 Å². The Morgan fingerprint density at radius 3 is 2.94 bits per heavy atom. The smallest absolute Gasteiger partial charge is 0.724 e. The topological polar surface area (TPSA) is 119 Å². The molecule has 1 aromatic rings. The second-order valence-corrected chi connectivity index (χ2v) is 4.76. The van der Waals surface area contributed by atoms with Crippen LogP contribution in [-0.2, 0) is 21.2 Å². The molecule has 0 spiro atoms. The van der Waals surface area contributed by atoms with Gasteiger partial charge in [0, 0.05) is 5.56 Å². The predicted molar refractivity (Wildman–Crippen MR) is 49.8 cm³/mol. The van der Waals surface area contributed by atoms with E-state index < -0.39 is 22.5 Å². The molecule has 3 heterocycles. The fraction of sp³-hybridized carbons (Fsp3) is 0.429. The van der Waals surface area contributed by atoms with Crippen LogP contribution in [0.3, 0.4) is 0 Å². The largest absolute Gasteiger partial charge is 1.00 e. The first-order chi connectivity index (χ1) is 7.96. The number of hydrogen-bond acceptors (Lipinski definition) is 6. The van der Waals surface area contributed by atoms with Crippen molar-refractivity contribution in [2.45, 2.75) is 12.6 Å². The zero-order valence-corrected chi connectivity index (χ0v) is 12.2. The Hall–Kier alpha value is -0.650. The summed E-state index contributed by atoms with van der Waals surface area (Å²) in [7, 11) is -4.97. The summed E-state index contributed by atoms with van der Waals surface area (Å²) in [4.78, 5) is 13.1. The van der Waals surface area contributed by atoms with Gasteiger partial charge in [-0.15, -0.1) is 0 Å². The summed E-state index contributed by atoms with van der Waals surface area (Å²) in [5.41, 5.74) is 1.37. The van der Waals surface area contributed by atoms with Crippen molar-refractivity contribution in [2.75, 3.05) is 6.54 Å². The Morgan fingerprint density at radius 2 is 2.28 bits per heavy atom. The van der Waals surface area contributed by atoms with Gasteiger partial charge in [0.2, 0.25) is 10.4 Å². The minimum Gasteiger partial charge on any atom is -0.724 e. The quantitative estimate of drug-likeness (QED) is 0.336. The predicted octanol–water partition coefficient (Wildman–Crippen LogP) is -3.90. The van der Waals surface area contributed by atoms with Crippen LogP contribution >= 0.6 is 0 Å². The number of aromatic amines is 1. The zero-order chi connectivity index (χ0) is 12.2. The Balaban J connectivity index is 0.00000120. The van der Waals surface area contributed by atoms with Gasteiger partial charge >= 0.3 is 35.6 Å². The van der Waals surface area contributed by atoms with Crippen LogP contribution in [0, 0.1) is 0 Å². The summed E-state index contributed by atoms with van der Waals surface area (Å²) in [6, 6.07) is -1.26. The van der Waals surface area contributed by atoms with Crippen LogP contribution in [0.25, 0.3) is 0 Å². The van der Waals surface area contributed by atoms with Crippen molar-refractivity contribution in [3.8, 4) is 0 Å². The van der Waals surface area contributed by atoms with Crippen LogP contribution in [0.2, 0.25) is 0 Å². The molecule has 2 amide bonds. The molecule has 18 heavy (non-hydrogen) atoms. The number of H-pyrrole nitrogens is 1. The molecule has 0 saturated carbocycles. The van der Waals surface area contributed by atoms with Gasteiger partial charge in [-0.3, -0.25) is 5.10 Å². The fourth-order valence-corrected chi connectivity index (χ4v) is 2.46. The van der Waals surface area contributed by atoms with Gasteiger partial charge in [0.05, 0.1) is 25.0 Å². The molecule has 3 rings (SSSR count). The molecule has 11 heteroatoms. The molecule has 0 aromatic carbocycles. The van der Waals surface area contributed by atoms with Crippen LogP contribution in [0.5, 0.6) is 0 Å². The van der Waals surface area contributed by atoms with Gasteiger partial charge in [0.1, 0.15) is 6.04 Å². The molecule has 2 bridgehead atoms. The number of carbonyl (C=O) groups is 1. The third-order valence-electron chi connectivity index (χ3n) is 2.77. The van der Waals surface area contributed by atoms with E-state index in [1.165, 1.54) is 11.1 Å². The Morgan fingerprint density at radius 1 is 1.56 bits per heavy atom. The molecule has 0 aliphatic carbocycles. The van der Waals surface area contributed by atoms with Crippen LogP contribution in [0.4, 0.5) is 4.79 Å². The molecular formula is C7H7N4NaO5S. The number of amides is 2. The van der Waals surface area contributed by atoms with Crippen LogP contribution in [0.1, 0.15) is 17.3 Å². The molecule has 9 nitrogen and oxygen atoms in total. The number of urea groups is 1. The molecular weight excluding hydrogens is 275 g/mol. The number of hydrogen-bond donors (Lipinski definition) is 1. The van der Waals surface area contributed by atoms with E-state index in [2.05, 4.69) is 14.5 Å². The van der Waals surface area contributed by atoms with Crippen molar-refractivity contribution in [2.24, 2.45) is 0 Å². The maximum absolute atomic E-state index is 11.7. The zero-order valence-electron chi connectivity index (χ0n) is 9.36. The molecule has 1 atom stereocenters. The van der Waals surface area contributed by atoms with Crippen molar-refractivity contribution >= 4 is 16.4 Å². The first-order valence-electron chi connectivity index (χ1n) is 4.71. The maximum atomic E-state index is 11.7. The molecule has 1 N–H and O–H groups in total. The summed E-state index contributed by atoms with van der Waals surface area (Å²) in [5.74, 6) is 0. The number of hydroxylamine groups is 2. The number of fused-ring (bicyclic) bond motifs is 4. The molecule has 92 valence electrons. The second kappa shape index (κ2) is 4.47. The summed E-state index contributed by atoms with van der Waals surface area (Å²) >= 11 is 0. The third kappa shape index (κ3) is 2.15. The summed E-state index contributed by atoms with van der Waals surface area (Å²) < 4.78 is 35.8.